The first-order valence-electron chi connectivity index (χ1n) is 3.74. The molecule has 1 aromatic carbocycles. The van der Waals surface area contributed by atoms with Gasteiger partial charge in [0.2, 0.25) is 6.41 Å². The molecule has 0 atom stereocenters. The molecule has 1 amide bonds. The number of halogens is 1. The summed E-state index contributed by atoms with van der Waals surface area (Å²) in [5, 5.41) is 2.40. The average Bonchev–Trinajstić information content (AvgIpc) is 2.14. The highest BCUT2D eigenvalue weighted by molar-refractivity contribution is 7.86. The van der Waals surface area contributed by atoms with E-state index in [2.05, 4.69) is 5.32 Å². The van der Waals surface area contributed by atoms with Crippen molar-refractivity contribution in [3.8, 4) is 0 Å². The van der Waals surface area contributed by atoms with Gasteiger partial charge in [-0.3, -0.25) is 4.79 Å². The summed E-state index contributed by atoms with van der Waals surface area (Å²) in [6, 6.07) is 5.17. The van der Waals surface area contributed by atoms with Crippen molar-refractivity contribution in [3.05, 3.63) is 29.8 Å². The molecule has 14 heavy (non-hydrogen) atoms. The molecule has 0 aliphatic heterocycles. The lowest BCUT2D eigenvalue weighted by atomic mass is 10.2. The highest BCUT2D eigenvalue weighted by Crippen LogP contribution is 2.12. The molecule has 0 heterocycles. The maximum Gasteiger partial charge on any atom is 0.332 e. The zero-order chi connectivity index (χ0) is 10.6. The van der Waals surface area contributed by atoms with Crippen LogP contribution in [0.15, 0.2) is 29.2 Å². The number of benzene rings is 1. The minimum Gasteiger partial charge on any atom is -0.355 e. The van der Waals surface area contributed by atoms with Crippen LogP contribution in [0, 0.1) is 0 Å². The fraction of sp³-hybridized carbons (Fsp3) is 0.125. The summed E-state index contributed by atoms with van der Waals surface area (Å²) in [6.45, 7) is 0.288. The van der Waals surface area contributed by atoms with Gasteiger partial charge < -0.3 is 5.32 Å². The number of hydrogen-bond donors (Lipinski definition) is 1. The molecular formula is C8H8FNO3S. The Bertz CT molecular complexity index is 413. The first-order chi connectivity index (χ1) is 6.54. The zero-order valence-electron chi connectivity index (χ0n) is 7.10. The van der Waals surface area contributed by atoms with E-state index in [1.54, 1.807) is 0 Å². The molecule has 0 fully saturated rings. The average molecular weight is 217 g/mol. The normalized spacial score (nSPS) is 10.9. The van der Waals surface area contributed by atoms with E-state index >= 15 is 0 Å². The molecule has 0 aliphatic rings. The summed E-state index contributed by atoms with van der Waals surface area (Å²) in [6.07, 6.45) is 0.528. The number of carbonyl (C=O) groups excluding carboxylic acids is 1. The number of rotatable bonds is 4. The molecule has 0 bridgehead atoms. The molecule has 4 nitrogen and oxygen atoms in total. The highest BCUT2D eigenvalue weighted by atomic mass is 32.3. The van der Waals surface area contributed by atoms with Crippen LogP contribution in [-0.2, 0) is 21.6 Å². The van der Waals surface area contributed by atoms with Gasteiger partial charge in [0, 0.05) is 6.54 Å². The van der Waals surface area contributed by atoms with E-state index in [1.165, 1.54) is 12.1 Å². The van der Waals surface area contributed by atoms with Crippen LogP contribution < -0.4 is 5.32 Å². The Hall–Kier alpha value is -1.43. The highest BCUT2D eigenvalue weighted by Gasteiger charge is 2.10. The maximum atomic E-state index is 12.4. The van der Waals surface area contributed by atoms with Crippen LogP contribution in [-0.4, -0.2) is 14.8 Å². The fourth-order valence-electron chi connectivity index (χ4n) is 0.929. The molecule has 0 saturated heterocycles. The first kappa shape index (κ1) is 10.6. The molecule has 1 rings (SSSR count). The van der Waals surface area contributed by atoms with Crippen LogP contribution in [0.25, 0.3) is 0 Å². The van der Waals surface area contributed by atoms with Crippen LogP contribution in [0.1, 0.15) is 5.56 Å². The first-order valence-corrected chi connectivity index (χ1v) is 5.13. The van der Waals surface area contributed by atoms with Gasteiger partial charge in [0.25, 0.3) is 0 Å². The summed E-state index contributed by atoms with van der Waals surface area (Å²) in [5.41, 5.74) is 0.699. The lowest BCUT2D eigenvalue weighted by Gasteiger charge is -1.99. The SMILES string of the molecule is O=CNCc1ccc(S(=O)(=O)F)cc1. The lowest BCUT2D eigenvalue weighted by Crippen LogP contribution is -2.09. The zero-order valence-corrected chi connectivity index (χ0v) is 7.92. The predicted octanol–water partition coefficient (Wildman–Crippen LogP) is 0.591. The van der Waals surface area contributed by atoms with Crippen LogP contribution in [0.2, 0.25) is 0 Å². The van der Waals surface area contributed by atoms with Crippen molar-refractivity contribution in [2.24, 2.45) is 0 Å². The predicted molar refractivity (Wildman–Crippen MR) is 47.6 cm³/mol. The van der Waals surface area contributed by atoms with Gasteiger partial charge in [-0.15, -0.1) is 3.89 Å². The van der Waals surface area contributed by atoms with Gasteiger partial charge >= 0.3 is 10.2 Å². The van der Waals surface area contributed by atoms with E-state index in [-0.39, 0.29) is 11.4 Å². The monoisotopic (exact) mass is 217 g/mol. The van der Waals surface area contributed by atoms with Gasteiger partial charge in [0.15, 0.2) is 0 Å². The van der Waals surface area contributed by atoms with Crippen LogP contribution in [0.3, 0.4) is 0 Å². The molecule has 1 N–H and O–H groups in total. The van der Waals surface area contributed by atoms with Crippen LogP contribution >= 0.6 is 0 Å². The topological polar surface area (TPSA) is 63.2 Å². The molecule has 0 aromatic heterocycles. The van der Waals surface area contributed by atoms with Crippen molar-refractivity contribution in [2.75, 3.05) is 0 Å². The summed E-state index contributed by atoms with van der Waals surface area (Å²) < 4.78 is 33.2. The second-order valence-electron chi connectivity index (χ2n) is 2.58. The van der Waals surface area contributed by atoms with Gasteiger partial charge in [-0.25, -0.2) is 0 Å². The van der Waals surface area contributed by atoms with Crippen molar-refractivity contribution in [3.63, 3.8) is 0 Å². The van der Waals surface area contributed by atoms with Gasteiger partial charge in [0.1, 0.15) is 0 Å². The Balaban J connectivity index is 2.84. The lowest BCUT2D eigenvalue weighted by molar-refractivity contribution is -0.109. The van der Waals surface area contributed by atoms with Gasteiger partial charge in [-0.1, -0.05) is 12.1 Å². The number of hydrogen-bond acceptors (Lipinski definition) is 3. The molecule has 0 aliphatic carbocycles. The summed E-state index contributed by atoms with van der Waals surface area (Å²) >= 11 is 0. The molecule has 0 saturated carbocycles. The van der Waals surface area contributed by atoms with Crippen LogP contribution in [0.5, 0.6) is 0 Å². The standard InChI is InChI=1S/C8H8FNO3S/c9-14(12,13)8-3-1-7(2-4-8)5-10-6-11/h1-4,6H,5H2,(H,10,11). The third kappa shape index (κ3) is 2.81. The molecule has 0 unspecified atom stereocenters. The Morgan fingerprint density at radius 1 is 1.29 bits per heavy atom. The van der Waals surface area contributed by atoms with Crippen molar-refractivity contribution >= 4 is 16.6 Å². The van der Waals surface area contributed by atoms with E-state index in [1.807, 2.05) is 0 Å². The van der Waals surface area contributed by atoms with Gasteiger partial charge in [-0.05, 0) is 17.7 Å². The number of carbonyl (C=O) groups is 1. The van der Waals surface area contributed by atoms with E-state index in [0.29, 0.717) is 12.0 Å². The molecule has 76 valence electrons. The summed E-state index contributed by atoms with van der Waals surface area (Å²) in [5.74, 6) is 0. The Morgan fingerprint density at radius 3 is 2.29 bits per heavy atom. The third-order valence-corrected chi connectivity index (χ3v) is 2.43. The van der Waals surface area contributed by atoms with Crippen LogP contribution in [0.4, 0.5) is 3.89 Å². The van der Waals surface area contributed by atoms with Crippen molar-refractivity contribution in [1.82, 2.24) is 5.32 Å². The molecular weight excluding hydrogens is 209 g/mol. The quantitative estimate of drug-likeness (QED) is 0.593. The minimum absolute atomic E-state index is 0.288. The second kappa shape index (κ2) is 4.19. The Morgan fingerprint density at radius 2 is 1.86 bits per heavy atom. The smallest absolute Gasteiger partial charge is 0.332 e. The van der Waals surface area contributed by atoms with E-state index < -0.39 is 10.2 Å². The van der Waals surface area contributed by atoms with Gasteiger partial charge in [0.05, 0.1) is 4.90 Å². The largest absolute Gasteiger partial charge is 0.355 e. The van der Waals surface area contributed by atoms with Crippen molar-refractivity contribution in [2.45, 2.75) is 11.4 Å². The van der Waals surface area contributed by atoms with E-state index in [0.717, 1.165) is 12.1 Å². The minimum atomic E-state index is -4.63. The molecule has 6 heteroatoms. The second-order valence-corrected chi connectivity index (χ2v) is 3.93. The van der Waals surface area contributed by atoms with Crippen molar-refractivity contribution < 1.29 is 17.1 Å². The maximum absolute atomic E-state index is 12.4. The molecule has 0 radical (unpaired) electrons. The number of nitrogens with one attached hydrogen (secondary N) is 1. The fourth-order valence-corrected chi connectivity index (χ4v) is 1.39. The third-order valence-electron chi connectivity index (χ3n) is 1.59. The van der Waals surface area contributed by atoms with E-state index in [9.17, 15) is 17.1 Å². The van der Waals surface area contributed by atoms with Gasteiger partial charge in [-0.2, -0.15) is 8.42 Å². The van der Waals surface area contributed by atoms with E-state index in [4.69, 9.17) is 0 Å². The molecule has 1 aromatic rings. The summed E-state index contributed by atoms with van der Waals surface area (Å²) in [4.78, 5) is 9.56. The number of amides is 1. The Labute approximate surface area is 81.0 Å². The Kier molecular flexibility index (Phi) is 3.19. The van der Waals surface area contributed by atoms with Crippen molar-refractivity contribution in [1.29, 1.82) is 0 Å². The summed E-state index contributed by atoms with van der Waals surface area (Å²) in [7, 11) is -4.63. The molecule has 0 spiro atoms.